The summed E-state index contributed by atoms with van der Waals surface area (Å²) in [7, 11) is 0. The summed E-state index contributed by atoms with van der Waals surface area (Å²) >= 11 is 5.14. The molecule has 0 amide bonds. The van der Waals surface area contributed by atoms with E-state index in [1.54, 1.807) is 0 Å². The van der Waals surface area contributed by atoms with E-state index in [2.05, 4.69) is 30.7 Å². The minimum atomic E-state index is 0.414. The van der Waals surface area contributed by atoms with E-state index in [1.807, 2.05) is 6.07 Å². The molecule has 0 bridgehead atoms. The van der Waals surface area contributed by atoms with Crippen molar-refractivity contribution in [2.24, 2.45) is 5.41 Å². The Kier molecular flexibility index (Phi) is 2.22. The van der Waals surface area contributed by atoms with E-state index in [9.17, 15) is 0 Å². The minimum Gasteiger partial charge on any atom is -0.347 e. The fourth-order valence-electron chi connectivity index (χ4n) is 1.82. The predicted molar refractivity (Wildman–Crippen MR) is 59.9 cm³/mol. The molecule has 0 aliphatic heterocycles. The summed E-state index contributed by atoms with van der Waals surface area (Å²) in [5.41, 5.74) is 1.61. The highest BCUT2D eigenvalue weighted by molar-refractivity contribution is 7.71. The lowest BCUT2D eigenvalue weighted by atomic mass is 10.1. The Morgan fingerprint density at radius 2 is 2.29 bits per heavy atom. The van der Waals surface area contributed by atoms with Crippen LogP contribution in [-0.2, 0) is 6.42 Å². The van der Waals surface area contributed by atoms with Gasteiger partial charge in [0.2, 0.25) is 0 Å². The van der Waals surface area contributed by atoms with Crippen LogP contribution in [0.25, 0.3) is 0 Å². The molecule has 76 valence electrons. The molecule has 1 heterocycles. The van der Waals surface area contributed by atoms with E-state index in [1.165, 1.54) is 12.1 Å². The van der Waals surface area contributed by atoms with Crippen LogP contribution in [0.2, 0.25) is 0 Å². The van der Waals surface area contributed by atoms with Crippen molar-refractivity contribution in [3.8, 4) is 0 Å². The Morgan fingerprint density at radius 1 is 1.64 bits per heavy atom. The summed E-state index contributed by atoms with van der Waals surface area (Å²) < 4.78 is 0.721. The first kappa shape index (κ1) is 9.84. The smallest absolute Gasteiger partial charge is 0.129 e. The number of rotatable bonds is 2. The molecular weight excluding hydrogens is 192 g/mol. The van der Waals surface area contributed by atoms with Crippen LogP contribution < -0.4 is 0 Å². The molecule has 2 rings (SSSR count). The minimum absolute atomic E-state index is 0.414. The number of aromatic nitrogens is 2. The molecule has 1 aromatic rings. The van der Waals surface area contributed by atoms with Crippen LogP contribution >= 0.6 is 12.2 Å². The Hall–Kier alpha value is -0.700. The first-order valence-electron chi connectivity index (χ1n) is 5.13. The molecular formula is C11H16N2S. The molecule has 1 N–H and O–H groups in total. The lowest BCUT2D eigenvalue weighted by Crippen LogP contribution is -2.00. The van der Waals surface area contributed by atoms with E-state index in [-0.39, 0.29) is 0 Å². The third-order valence-corrected chi connectivity index (χ3v) is 3.25. The fraction of sp³-hybridized carbons (Fsp3) is 0.636. The van der Waals surface area contributed by atoms with E-state index < -0.39 is 0 Å². The van der Waals surface area contributed by atoms with Crippen LogP contribution in [0.3, 0.4) is 0 Å². The van der Waals surface area contributed by atoms with Crippen molar-refractivity contribution in [3.05, 3.63) is 22.2 Å². The average Bonchev–Trinajstić information content (AvgIpc) is 2.74. The van der Waals surface area contributed by atoms with Gasteiger partial charge in [-0.05, 0) is 24.3 Å². The predicted octanol–water partition coefficient (Wildman–Crippen LogP) is 3.22. The molecule has 0 aromatic carbocycles. The van der Waals surface area contributed by atoms with Gasteiger partial charge in [-0.3, -0.25) is 0 Å². The number of aromatic amines is 1. The number of nitrogens with one attached hydrogen (secondary N) is 1. The quantitative estimate of drug-likeness (QED) is 0.756. The summed E-state index contributed by atoms with van der Waals surface area (Å²) in [6.45, 7) is 6.67. The molecule has 1 aliphatic carbocycles. The van der Waals surface area contributed by atoms with Gasteiger partial charge < -0.3 is 4.98 Å². The SMILES string of the molecule is CCc1cc(=S)nc(C2CC2(C)C)[nH]1. The lowest BCUT2D eigenvalue weighted by Gasteiger charge is -2.05. The molecule has 1 saturated carbocycles. The van der Waals surface area contributed by atoms with Gasteiger partial charge in [0, 0.05) is 11.6 Å². The van der Waals surface area contributed by atoms with Crippen LogP contribution in [0.15, 0.2) is 6.07 Å². The number of hydrogen-bond donors (Lipinski definition) is 1. The molecule has 1 aliphatic rings. The zero-order valence-electron chi connectivity index (χ0n) is 8.92. The standard InChI is InChI=1S/C11H16N2S/c1-4-7-5-9(14)13-10(12-7)8-6-11(8,2)3/h5,8H,4,6H2,1-3H3,(H,12,13,14). The monoisotopic (exact) mass is 208 g/mol. The topological polar surface area (TPSA) is 28.7 Å². The Morgan fingerprint density at radius 3 is 2.79 bits per heavy atom. The highest BCUT2D eigenvalue weighted by Gasteiger charge is 2.48. The molecule has 0 radical (unpaired) electrons. The highest BCUT2D eigenvalue weighted by atomic mass is 32.1. The number of hydrogen-bond acceptors (Lipinski definition) is 2. The third-order valence-electron chi connectivity index (χ3n) is 3.04. The molecule has 2 nitrogen and oxygen atoms in total. The van der Waals surface area contributed by atoms with Crippen molar-refractivity contribution in [1.82, 2.24) is 9.97 Å². The molecule has 1 atom stereocenters. The van der Waals surface area contributed by atoms with Gasteiger partial charge in [0.25, 0.3) is 0 Å². The van der Waals surface area contributed by atoms with Crippen molar-refractivity contribution in [2.75, 3.05) is 0 Å². The first-order valence-corrected chi connectivity index (χ1v) is 5.54. The Balaban J connectivity index is 2.36. The van der Waals surface area contributed by atoms with Crippen molar-refractivity contribution in [2.45, 2.75) is 39.5 Å². The number of nitrogens with zero attached hydrogens (tertiary/aromatic N) is 1. The van der Waals surface area contributed by atoms with Gasteiger partial charge in [0.1, 0.15) is 10.5 Å². The van der Waals surface area contributed by atoms with Crippen molar-refractivity contribution >= 4 is 12.2 Å². The second-order valence-corrected chi connectivity index (χ2v) is 5.15. The van der Waals surface area contributed by atoms with Crippen molar-refractivity contribution < 1.29 is 0 Å². The summed E-state index contributed by atoms with van der Waals surface area (Å²) in [6, 6.07) is 1.95. The van der Waals surface area contributed by atoms with E-state index in [0.717, 1.165) is 16.9 Å². The van der Waals surface area contributed by atoms with Crippen molar-refractivity contribution in [1.29, 1.82) is 0 Å². The summed E-state index contributed by atoms with van der Waals surface area (Å²) in [6.07, 6.45) is 2.21. The average molecular weight is 208 g/mol. The molecule has 3 heteroatoms. The third kappa shape index (κ3) is 1.73. The van der Waals surface area contributed by atoms with Crippen LogP contribution in [0.4, 0.5) is 0 Å². The van der Waals surface area contributed by atoms with Crippen LogP contribution in [0.1, 0.15) is 44.6 Å². The number of aryl methyl sites for hydroxylation is 1. The lowest BCUT2D eigenvalue weighted by molar-refractivity contribution is 0.606. The normalized spacial score (nSPS) is 23.5. The Labute approximate surface area is 89.8 Å². The van der Waals surface area contributed by atoms with E-state index in [4.69, 9.17) is 12.2 Å². The van der Waals surface area contributed by atoms with Crippen LogP contribution in [0, 0.1) is 10.1 Å². The van der Waals surface area contributed by atoms with Gasteiger partial charge in [-0.2, -0.15) is 0 Å². The summed E-state index contributed by atoms with van der Waals surface area (Å²) in [5.74, 6) is 1.66. The maximum Gasteiger partial charge on any atom is 0.129 e. The van der Waals surface area contributed by atoms with E-state index in [0.29, 0.717) is 11.3 Å². The maximum absolute atomic E-state index is 5.14. The van der Waals surface area contributed by atoms with Gasteiger partial charge >= 0.3 is 0 Å². The number of H-pyrrole nitrogens is 1. The largest absolute Gasteiger partial charge is 0.347 e. The first-order chi connectivity index (χ1) is 6.53. The molecule has 1 aromatic heterocycles. The second-order valence-electron chi connectivity index (χ2n) is 4.73. The zero-order chi connectivity index (χ0) is 10.3. The van der Waals surface area contributed by atoms with Gasteiger partial charge in [0.15, 0.2) is 0 Å². The summed E-state index contributed by atoms with van der Waals surface area (Å²) in [5, 5.41) is 0. The summed E-state index contributed by atoms with van der Waals surface area (Å²) in [4.78, 5) is 7.77. The zero-order valence-corrected chi connectivity index (χ0v) is 9.74. The molecule has 0 spiro atoms. The van der Waals surface area contributed by atoms with Gasteiger partial charge in [-0.25, -0.2) is 4.98 Å². The second kappa shape index (κ2) is 3.16. The van der Waals surface area contributed by atoms with Gasteiger partial charge in [0.05, 0.1) is 0 Å². The van der Waals surface area contributed by atoms with Crippen LogP contribution in [-0.4, -0.2) is 9.97 Å². The fourth-order valence-corrected chi connectivity index (χ4v) is 2.06. The van der Waals surface area contributed by atoms with Crippen molar-refractivity contribution in [3.63, 3.8) is 0 Å². The Bertz CT molecular complexity index is 406. The molecule has 1 unspecified atom stereocenters. The molecule has 14 heavy (non-hydrogen) atoms. The van der Waals surface area contributed by atoms with Gasteiger partial charge in [-0.15, -0.1) is 0 Å². The highest BCUT2D eigenvalue weighted by Crippen LogP contribution is 2.57. The molecule has 0 saturated heterocycles. The van der Waals surface area contributed by atoms with Crippen LogP contribution in [0.5, 0.6) is 0 Å². The van der Waals surface area contributed by atoms with Gasteiger partial charge in [-0.1, -0.05) is 33.0 Å². The maximum atomic E-state index is 5.14. The molecule has 1 fully saturated rings. The van der Waals surface area contributed by atoms with E-state index >= 15 is 0 Å².